The van der Waals surface area contributed by atoms with Crippen molar-refractivity contribution in [3.63, 3.8) is 0 Å². The summed E-state index contributed by atoms with van der Waals surface area (Å²) in [7, 11) is 0. The molecule has 0 aromatic carbocycles. The molecular formula is C22H33Cl2FN3O9PS2. The van der Waals surface area contributed by atoms with Crippen LogP contribution >= 0.6 is 41.6 Å². The van der Waals surface area contributed by atoms with Crippen LogP contribution in [0.4, 0.5) is 4.39 Å². The van der Waals surface area contributed by atoms with Gasteiger partial charge in [-0.05, 0) is 32.6 Å². The maximum Gasteiger partial charge on any atom is 0.330 e. The van der Waals surface area contributed by atoms with Crippen molar-refractivity contribution in [3.05, 3.63) is 32.9 Å². The lowest BCUT2D eigenvalue weighted by atomic mass is 10.00. The molecule has 0 spiro atoms. The van der Waals surface area contributed by atoms with E-state index >= 15 is 0 Å². The third kappa shape index (κ3) is 9.32. The van der Waals surface area contributed by atoms with Gasteiger partial charge in [0.15, 0.2) is 15.7 Å². The van der Waals surface area contributed by atoms with Crippen molar-refractivity contribution < 1.29 is 37.6 Å². The minimum Gasteiger partial charge on any atom is -0.462 e. The number of ether oxygens (including phenoxy) is 2. The number of carbonyl (C=O) groups excluding carboxylic acids is 2. The Hall–Kier alpha value is -0.870. The molecule has 5 atom stereocenters. The normalized spacial score (nSPS) is 23.1. The van der Waals surface area contributed by atoms with Gasteiger partial charge in [-0.1, -0.05) is 55.7 Å². The Bertz CT molecular complexity index is 1240. The molecule has 18 heteroatoms. The van der Waals surface area contributed by atoms with Crippen LogP contribution in [-0.4, -0.2) is 73.4 Å². The highest BCUT2D eigenvalue weighted by Gasteiger charge is 2.56. The first-order valence-corrected chi connectivity index (χ1v) is 16.4. The van der Waals surface area contributed by atoms with E-state index in [-0.39, 0.29) is 17.5 Å². The number of alkyl halides is 2. The Morgan fingerprint density at radius 3 is 2.52 bits per heavy atom. The molecule has 1 aliphatic rings. The van der Waals surface area contributed by atoms with Crippen LogP contribution in [-0.2, 0) is 39.9 Å². The molecule has 0 aliphatic carbocycles. The lowest BCUT2D eigenvalue weighted by Crippen LogP contribution is -2.42. The van der Waals surface area contributed by atoms with E-state index in [9.17, 15) is 28.7 Å². The van der Waals surface area contributed by atoms with Crippen LogP contribution in [0.2, 0.25) is 0 Å². The first-order valence-electron chi connectivity index (χ1n) is 12.1. The number of nitrogens with one attached hydrogen (secondary N) is 2. The van der Waals surface area contributed by atoms with E-state index in [1.54, 1.807) is 39.6 Å². The number of carbonyl (C=O) groups is 2. The van der Waals surface area contributed by atoms with Gasteiger partial charge in [0.1, 0.15) is 18.2 Å². The first kappa shape index (κ1) is 35.3. The van der Waals surface area contributed by atoms with Gasteiger partial charge >= 0.3 is 11.7 Å². The van der Waals surface area contributed by atoms with E-state index in [2.05, 4.69) is 5.09 Å². The molecule has 12 nitrogen and oxygen atoms in total. The van der Waals surface area contributed by atoms with Crippen molar-refractivity contribution >= 4 is 64.5 Å². The third-order valence-electron chi connectivity index (χ3n) is 5.21. The lowest BCUT2D eigenvalue weighted by Gasteiger charge is -2.28. The number of hydrogen-bond acceptors (Lipinski definition) is 11. The fourth-order valence-electron chi connectivity index (χ4n) is 3.16. The number of aromatic amines is 1. The van der Waals surface area contributed by atoms with Crippen LogP contribution in [0.1, 0.15) is 47.8 Å². The minimum absolute atomic E-state index is 0.0274. The van der Waals surface area contributed by atoms with Crippen molar-refractivity contribution in [2.24, 2.45) is 5.41 Å². The Morgan fingerprint density at radius 1 is 1.32 bits per heavy atom. The fourth-order valence-corrected chi connectivity index (χ4v) is 7.02. The second kappa shape index (κ2) is 14.1. The zero-order valence-electron chi connectivity index (χ0n) is 22.6. The van der Waals surface area contributed by atoms with E-state index in [4.69, 9.17) is 53.5 Å². The number of aromatic nitrogens is 2. The molecule has 2 heterocycles. The van der Waals surface area contributed by atoms with Crippen LogP contribution in [0.25, 0.3) is 0 Å². The van der Waals surface area contributed by atoms with Gasteiger partial charge in [0.05, 0.1) is 25.5 Å². The second-order valence-corrected chi connectivity index (χ2v) is 15.9. The number of hydrogen-bond donors (Lipinski definition) is 3. The molecule has 1 aromatic heterocycles. The van der Waals surface area contributed by atoms with E-state index < -0.39 is 76.6 Å². The summed E-state index contributed by atoms with van der Waals surface area (Å²) < 4.78 is 34.7. The molecule has 1 aliphatic heterocycles. The predicted molar refractivity (Wildman–Crippen MR) is 153 cm³/mol. The molecule has 1 fully saturated rings. The SMILES string of the molecule is CC(C)OC(=O)[C@@H](C)NP(=S)(OCCSC(=O)C(C)(C)C)OC[C@H]1O[C@@H](n2cc(F)c(=O)[nH]c2=O)C(Cl)(Cl)[C@@H]1O. The van der Waals surface area contributed by atoms with Crippen LogP contribution in [0.5, 0.6) is 0 Å². The number of aliphatic hydroxyl groups is 1. The first-order chi connectivity index (χ1) is 18.3. The van der Waals surface area contributed by atoms with Gasteiger partial charge in [0.25, 0.3) is 12.2 Å². The molecular weight excluding hydrogens is 635 g/mol. The van der Waals surface area contributed by atoms with Gasteiger partial charge in [-0.15, -0.1) is 0 Å². The molecule has 0 saturated carbocycles. The summed E-state index contributed by atoms with van der Waals surface area (Å²) in [5.74, 6) is -1.69. The Morgan fingerprint density at radius 2 is 1.95 bits per heavy atom. The average molecular weight is 669 g/mol. The Kier molecular flexibility index (Phi) is 12.4. The summed E-state index contributed by atoms with van der Waals surface area (Å²) in [6, 6.07) is -0.956. The van der Waals surface area contributed by atoms with E-state index in [1.165, 1.54) is 6.92 Å². The zero-order chi connectivity index (χ0) is 30.6. The van der Waals surface area contributed by atoms with Crippen LogP contribution in [0.3, 0.4) is 0 Å². The summed E-state index contributed by atoms with van der Waals surface area (Å²) in [5.41, 5.74) is -2.90. The minimum atomic E-state index is -3.51. The monoisotopic (exact) mass is 667 g/mol. The molecule has 2 rings (SSSR count). The maximum atomic E-state index is 13.9. The number of H-pyrrole nitrogens is 1. The van der Waals surface area contributed by atoms with Gasteiger partial charge in [0.2, 0.25) is 5.82 Å². The highest BCUT2D eigenvalue weighted by Crippen LogP contribution is 2.49. The van der Waals surface area contributed by atoms with Crippen molar-refractivity contribution in [3.8, 4) is 0 Å². The van der Waals surface area contributed by atoms with Crippen molar-refractivity contribution in [1.82, 2.24) is 14.6 Å². The Balaban J connectivity index is 2.19. The standard InChI is InChI=1S/C22H33Cl2FN3O9PS2/c1-11(2)36-17(31)12(3)27-38(39,34-7-8-40-19(32)21(4,5)6)35-10-14-15(29)22(23,24)18(37-14)28-9-13(25)16(30)26-20(28)33/h9,11-12,14-15,18,29H,7-8,10H2,1-6H3,(H,27,39)(H,26,30,33)/t12-,14-,15-,18-,38?/m1/s1. The zero-order valence-corrected chi connectivity index (χ0v) is 26.7. The van der Waals surface area contributed by atoms with E-state index in [0.29, 0.717) is 10.8 Å². The van der Waals surface area contributed by atoms with Crippen molar-refractivity contribution in [2.75, 3.05) is 19.0 Å². The van der Waals surface area contributed by atoms with Crippen LogP contribution in [0, 0.1) is 11.2 Å². The highest BCUT2D eigenvalue weighted by molar-refractivity contribution is 8.13. The summed E-state index contributed by atoms with van der Waals surface area (Å²) in [6.45, 7) is 6.18. The summed E-state index contributed by atoms with van der Waals surface area (Å²) in [4.78, 5) is 50.0. The van der Waals surface area contributed by atoms with Gasteiger partial charge in [-0.25, -0.2) is 9.88 Å². The maximum absolute atomic E-state index is 13.9. The number of thioether (sulfide) groups is 1. The van der Waals surface area contributed by atoms with Gasteiger partial charge < -0.3 is 23.6 Å². The topological polar surface area (TPSA) is 158 Å². The van der Waals surface area contributed by atoms with Crippen molar-refractivity contribution in [1.29, 1.82) is 0 Å². The molecule has 1 unspecified atom stereocenters. The quantitative estimate of drug-likeness (QED) is 0.130. The average Bonchev–Trinajstić information content (AvgIpc) is 3.05. The summed E-state index contributed by atoms with van der Waals surface area (Å²) in [6.07, 6.45) is -4.44. The van der Waals surface area contributed by atoms with Gasteiger partial charge in [-0.2, -0.15) is 4.39 Å². The summed E-state index contributed by atoms with van der Waals surface area (Å²) >= 11 is 19.2. The van der Waals surface area contributed by atoms with E-state index in [0.717, 1.165) is 11.8 Å². The second-order valence-electron chi connectivity index (χ2n) is 10.1. The molecule has 40 heavy (non-hydrogen) atoms. The predicted octanol–water partition coefficient (Wildman–Crippen LogP) is 2.60. The molecule has 0 amide bonds. The van der Waals surface area contributed by atoms with Crippen molar-refractivity contribution in [2.45, 2.75) is 76.5 Å². The number of nitrogens with zero attached hydrogens (tertiary/aromatic N) is 1. The number of halogens is 3. The fraction of sp³-hybridized carbons (Fsp3) is 0.727. The largest absolute Gasteiger partial charge is 0.462 e. The molecule has 1 saturated heterocycles. The summed E-state index contributed by atoms with van der Waals surface area (Å²) in [5, 5.41) is 13.5. The van der Waals surface area contributed by atoms with E-state index in [1.807, 2.05) is 0 Å². The number of esters is 1. The van der Waals surface area contributed by atoms with Crippen LogP contribution in [0.15, 0.2) is 15.8 Å². The van der Waals surface area contributed by atoms with Crippen LogP contribution < -0.4 is 16.3 Å². The number of rotatable bonds is 12. The molecule has 0 radical (unpaired) electrons. The Labute approximate surface area is 249 Å². The molecule has 1 aromatic rings. The smallest absolute Gasteiger partial charge is 0.330 e. The molecule has 228 valence electrons. The molecule has 3 N–H and O–H groups in total. The lowest BCUT2D eigenvalue weighted by molar-refractivity contribution is -0.149. The van der Waals surface area contributed by atoms with Gasteiger partial charge in [-0.3, -0.25) is 23.9 Å². The third-order valence-corrected chi connectivity index (χ3v) is 9.94. The highest BCUT2D eigenvalue weighted by atomic mass is 35.5. The van der Waals surface area contributed by atoms with Gasteiger partial charge in [0, 0.05) is 11.2 Å². The molecule has 0 bridgehead atoms. The number of aliphatic hydroxyl groups excluding tert-OH is 1.